The lowest BCUT2D eigenvalue weighted by Gasteiger charge is -2.26. The standard InChI is InChI=1S/C16H18FN3/c1-10-7-13(17)5-6-15(10)20-11(2)8-14-12(3)19(4)9-18-16(14)20/h5-9,12H,1-4H3. The zero-order valence-electron chi connectivity index (χ0n) is 12.2. The second-order valence-electron chi connectivity index (χ2n) is 5.42. The van der Waals surface area contributed by atoms with Crippen LogP contribution in [0, 0.1) is 19.7 Å². The Morgan fingerprint density at radius 1 is 1.20 bits per heavy atom. The van der Waals surface area contributed by atoms with E-state index in [1.54, 1.807) is 6.07 Å². The van der Waals surface area contributed by atoms with E-state index in [9.17, 15) is 4.39 Å². The van der Waals surface area contributed by atoms with Crippen LogP contribution < -0.4 is 0 Å². The van der Waals surface area contributed by atoms with Crippen molar-refractivity contribution in [3.63, 3.8) is 0 Å². The molecule has 1 aliphatic rings. The first kappa shape index (κ1) is 12.9. The molecule has 3 rings (SSSR count). The number of halogens is 1. The van der Waals surface area contributed by atoms with E-state index in [0.717, 1.165) is 22.8 Å². The predicted octanol–water partition coefficient (Wildman–Crippen LogP) is 3.90. The molecule has 0 N–H and O–H groups in total. The van der Waals surface area contributed by atoms with Crippen LogP contribution >= 0.6 is 0 Å². The van der Waals surface area contributed by atoms with E-state index in [1.807, 2.05) is 26.4 Å². The summed E-state index contributed by atoms with van der Waals surface area (Å²) in [4.78, 5) is 6.64. The van der Waals surface area contributed by atoms with E-state index in [2.05, 4.69) is 34.4 Å². The molecule has 1 aromatic heterocycles. The highest BCUT2D eigenvalue weighted by atomic mass is 19.1. The van der Waals surface area contributed by atoms with Gasteiger partial charge in [0, 0.05) is 18.3 Å². The molecular formula is C16H18FN3. The highest BCUT2D eigenvalue weighted by molar-refractivity contribution is 5.69. The Balaban J connectivity index is 2.22. The van der Waals surface area contributed by atoms with Crippen molar-refractivity contribution in [2.75, 3.05) is 7.05 Å². The van der Waals surface area contributed by atoms with Gasteiger partial charge < -0.3 is 4.90 Å². The Morgan fingerprint density at radius 3 is 2.65 bits per heavy atom. The van der Waals surface area contributed by atoms with Gasteiger partial charge in [0.05, 0.1) is 18.1 Å². The smallest absolute Gasteiger partial charge is 0.144 e. The van der Waals surface area contributed by atoms with Crippen LogP contribution in [0.25, 0.3) is 5.69 Å². The molecule has 2 heterocycles. The predicted molar refractivity (Wildman–Crippen MR) is 79.5 cm³/mol. The van der Waals surface area contributed by atoms with Gasteiger partial charge in [-0.15, -0.1) is 0 Å². The normalized spacial score (nSPS) is 17.4. The molecule has 1 atom stereocenters. The fourth-order valence-corrected chi connectivity index (χ4v) is 2.73. The second kappa shape index (κ2) is 4.47. The number of benzene rings is 1. The zero-order chi connectivity index (χ0) is 14.4. The second-order valence-corrected chi connectivity index (χ2v) is 5.42. The van der Waals surface area contributed by atoms with Gasteiger partial charge in [-0.3, -0.25) is 4.57 Å². The first-order valence-corrected chi connectivity index (χ1v) is 6.74. The Bertz CT molecular complexity index is 700. The van der Waals surface area contributed by atoms with Gasteiger partial charge in [-0.2, -0.15) is 0 Å². The minimum Gasteiger partial charge on any atom is -0.359 e. The van der Waals surface area contributed by atoms with Gasteiger partial charge in [0.15, 0.2) is 0 Å². The minimum absolute atomic E-state index is 0.207. The van der Waals surface area contributed by atoms with E-state index in [0.29, 0.717) is 6.04 Å². The minimum atomic E-state index is -0.207. The van der Waals surface area contributed by atoms with Crippen LogP contribution in [0.2, 0.25) is 0 Å². The molecule has 0 spiro atoms. The molecule has 2 aromatic rings. The van der Waals surface area contributed by atoms with Crippen molar-refractivity contribution < 1.29 is 4.39 Å². The average molecular weight is 271 g/mol. The van der Waals surface area contributed by atoms with Crippen LogP contribution in [-0.4, -0.2) is 22.9 Å². The number of aromatic nitrogens is 1. The molecule has 0 amide bonds. The number of nitrogens with zero attached hydrogens (tertiary/aromatic N) is 3. The van der Waals surface area contributed by atoms with Gasteiger partial charge in [-0.1, -0.05) is 0 Å². The third-order valence-corrected chi connectivity index (χ3v) is 4.01. The van der Waals surface area contributed by atoms with Crippen LogP contribution in [0.15, 0.2) is 29.3 Å². The van der Waals surface area contributed by atoms with Crippen LogP contribution in [0.1, 0.15) is 29.8 Å². The summed E-state index contributed by atoms with van der Waals surface area (Å²) in [6.07, 6.45) is 1.85. The lowest BCUT2D eigenvalue weighted by molar-refractivity contribution is 0.408. The average Bonchev–Trinajstić information content (AvgIpc) is 2.72. The van der Waals surface area contributed by atoms with Crippen LogP contribution in [0.3, 0.4) is 0 Å². The van der Waals surface area contributed by atoms with E-state index in [1.165, 1.54) is 11.6 Å². The summed E-state index contributed by atoms with van der Waals surface area (Å²) >= 11 is 0. The van der Waals surface area contributed by atoms with Crippen molar-refractivity contribution in [2.45, 2.75) is 26.8 Å². The monoisotopic (exact) mass is 271 g/mol. The Kier molecular flexibility index (Phi) is 2.89. The fraction of sp³-hybridized carbons (Fsp3) is 0.312. The van der Waals surface area contributed by atoms with E-state index in [4.69, 9.17) is 0 Å². The summed E-state index contributed by atoms with van der Waals surface area (Å²) < 4.78 is 15.4. The van der Waals surface area contributed by atoms with E-state index >= 15 is 0 Å². The molecule has 1 aliphatic heterocycles. The number of aliphatic imine (C=N–C) groups is 1. The first-order valence-electron chi connectivity index (χ1n) is 6.74. The summed E-state index contributed by atoms with van der Waals surface area (Å²) in [7, 11) is 2.02. The third kappa shape index (κ3) is 1.83. The summed E-state index contributed by atoms with van der Waals surface area (Å²) in [5.41, 5.74) is 4.22. The molecule has 4 heteroatoms. The number of hydrogen-bond acceptors (Lipinski definition) is 2. The molecule has 0 radical (unpaired) electrons. The third-order valence-electron chi connectivity index (χ3n) is 4.01. The number of aryl methyl sites for hydroxylation is 2. The Hall–Kier alpha value is -2.10. The van der Waals surface area contributed by atoms with Gasteiger partial charge in [-0.25, -0.2) is 9.38 Å². The molecule has 3 nitrogen and oxygen atoms in total. The lowest BCUT2D eigenvalue weighted by Crippen LogP contribution is -2.23. The van der Waals surface area contributed by atoms with Gasteiger partial charge >= 0.3 is 0 Å². The fourth-order valence-electron chi connectivity index (χ4n) is 2.73. The van der Waals surface area contributed by atoms with E-state index in [-0.39, 0.29) is 5.82 Å². The summed E-state index contributed by atoms with van der Waals surface area (Å²) in [5, 5.41) is 0. The highest BCUT2D eigenvalue weighted by Crippen LogP contribution is 2.37. The van der Waals surface area contributed by atoms with Gasteiger partial charge in [-0.05, 0) is 50.6 Å². The maximum Gasteiger partial charge on any atom is 0.144 e. The molecule has 0 fully saturated rings. The van der Waals surface area contributed by atoms with Gasteiger partial charge in [0.2, 0.25) is 0 Å². The highest BCUT2D eigenvalue weighted by Gasteiger charge is 2.23. The molecule has 0 aliphatic carbocycles. The van der Waals surface area contributed by atoms with Crippen LogP contribution in [-0.2, 0) is 0 Å². The van der Waals surface area contributed by atoms with Crippen molar-refractivity contribution >= 4 is 12.2 Å². The maximum atomic E-state index is 13.3. The van der Waals surface area contributed by atoms with Crippen molar-refractivity contribution in [2.24, 2.45) is 4.99 Å². The molecule has 0 bridgehead atoms. The molecule has 0 saturated carbocycles. The van der Waals surface area contributed by atoms with Crippen molar-refractivity contribution in [3.05, 3.63) is 46.9 Å². The van der Waals surface area contributed by atoms with Crippen LogP contribution in [0.5, 0.6) is 0 Å². The summed E-state index contributed by atoms with van der Waals surface area (Å²) in [6, 6.07) is 7.33. The summed E-state index contributed by atoms with van der Waals surface area (Å²) in [5.74, 6) is 0.740. The maximum absolute atomic E-state index is 13.3. The molecule has 1 aromatic carbocycles. The molecule has 0 saturated heterocycles. The van der Waals surface area contributed by atoms with Crippen molar-refractivity contribution in [3.8, 4) is 5.69 Å². The van der Waals surface area contributed by atoms with E-state index < -0.39 is 0 Å². The summed E-state index contributed by atoms with van der Waals surface area (Å²) in [6.45, 7) is 6.14. The van der Waals surface area contributed by atoms with Gasteiger partial charge in [0.1, 0.15) is 11.6 Å². The van der Waals surface area contributed by atoms with Crippen molar-refractivity contribution in [1.82, 2.24) is 9.47 Å². The zero-order valence-corrected chi connectivity index (χ0v) is 12.2. The Morgan fingerprint density at radius 2 is 1.95 bits per heavy atom. The topological polar surface area (TPSA) is 20.5 Å². The van der Waals surface area contributed by atoms with Crippen molar-refractivity contribution in [1.29, 1.82) is 0 Å². The molecule has 1 unspecified atom stereocenters. The number of fused-ring (bicyclic) bond motifs is 1. The molecule has 104 valence electrons. The van der Waals surface area contributed by atoms with Crippen LogP contribution in [0.4, 0.5) is 10.2 Å². The number of hydrogen-bond donors (Lipinski definition) is 0. The van der Waals surface area contributed by atoms with Gasteiger partial charge in [0.25, 0.3) is 0 Å². The molecule has 20 heavy (non-hydrogen) atoms. The quantitative estimate of drug-likeness (QED) is 0.770. The Labute approximate surface area is 118 Å². The first-order chi connectivity index (χ1) is 9.49. The SMILES string of the molecule is Cc1cc(F)ccc1-n1c(C)cc2c1N=CN(C)C2C. The molecular weight excluding hydrogens is 253 g/mol. The number of rotatable bonds is 1. The lowest BCUT2D eigenvalue weighted by atomic mass is 10.1. The largest absolute Gasteiger partial charge is 0.359 e.